The predicted molar refractivity (Wildman–Crippen MR) is 94.8 cm³/mol. The zero-order valence-corrected chi connectivity index (χ0v) is 15.8. The van der Waals surface area contributed by atoms with Gasteiger partial charge in [-0.1, -0.05) is 11.2 Å². The number of aryl methyl sites for hydroxylation is 1. The number of carbonyl (C=O) groups excluding carboxylic acids is 1. The zero-order chi connectivity index (χ0) is 19.3. The van der Waals surface area contributed by atoms with Gasteiger partial charge in [-0.05, 0) is 24.6 Å². The monoisotopic (exact) mass is 383 g/mol. The van der Waals surface area contributed by atoms with Crippen LogP contribution >= 0.6 is 0 Å². The van der Waals surface area contributed by atoms with E-state index in [9.17, 15) is 13.2 Å². The quantitative estimate of drug-likeness (QED) is 0.726. The summed E-state index contributed by atoms with van der Waals surface area (Å²) in [5, 5.41) is 6.32. The minimum atomic E-state index is -3.69. The summed E-state index contributed by atoms with van der Waals surface area (Å²) in [6, 6.07) is 6.68. The van der Waals surface area contributed by atoms with E-state index in [0.29, 0.717) is 17.3 Å². The van der Waals surface area contributed by atoms with Crippen LogP contribution in [0.1, 0.15) is 11.3 Å². The molecule has 1 heterocycles. The second-order valence-corrected chi connectivity index (χ2v) is 7.44. The molecule has 0 saturated heterocycles. The lowest BCUT2D eigenvalue weighted by atomic mass is 10.2. The van der Waals surface area contributed by atoms with Crippen LogP contribution < -0.4 is 19.1 Å². The third-order valence-electron chi connectivity index (χ3n) is 3.50. The maximum absolute atomic E-state index is 12.2. The number of nitrogens with zero attached hydrogens (tertiary/aromatic N) is 2. The van der Waals surface area contributed by atoms with E-state index in [1.165, 1.54) is 20.3 Å². The highest BCUT2D eigenvalue weighted by Gasteiger charge is 2.23. The Morgan fingerprint density at radius 3 is 2.46 bits per heavy atom. The van der Waals surface area contributed by atoms with E-state index >= 15 is 0 Å². The molecule has 0 atom stereocenters. The van der Waals surface area contributed by atoms with Gasteiger partial charge in [-0.2, -0.15) is 0 Å². The van der Waals surface area contributed by atoms with Crippen molar-refractivity contribution >= 4 is 21.7 Å². The third-order valence-corrected chi connectivity index (χ3v) is 4.61. The summed E-state index contributed by atoms with van der Waals surface area (Å²) in [6.07, 6.45) is 0.999. The Morgan fingerprint density at radius 1 is 1.23 bits per heavy atom. The first kappa shape index (κ1) is 19.6. The molecule has 1 aromatic carbocycles. The Hall–Kier alpha value is -2.75. The van der Waals surface area contributed by atoms with Gasteiger partial charge in [0.1, 0.15) is 12.3 Å². The highest BCUT2D eigenvalue weighted by atomic mass is 32.2. The zero-order valence-electron chi connectivity index (χ0n) is 15.0. The van der Waals surface area contributed by atoms with Crippen LogP contribution in [0.3, 0.4) is 0 Å². The summed E-state index contributed by atoms with van der Waals surface area (Å²) in [5.41, 5.74) is 0.777. The fourth-order valence-electron chi connectivity index (χ4n) is 2.22. The van der Waals surface area contributed by atoms with E-state index in [1.54, 1.807) is 25.1 Å². The molecule has 9 nitrogen and oxygen atoms in total. The highest BCUT2D eigenvalue weighted by molar-refractivity contribution is 7.92. The standard InChI is InChI=1S/C16H21N3O6S/c1-11-7-15(18-25-11)19(26(4,21)22)10-16(20)17-9-12-5-6-13(23-2)14(8-12)24-3/h5-8H,9-10H2,1-4H3,(H,17,20). The Morgan fingerprint density at radius 2 is 1.92 bits per heavy atom. The lowest BCUT2D eigenvalue weighted by molar-refractivity contribution is -0.119. The van der Waals surface area contributed by atoms with Crippen molar-refractivity contribution in [3.05, 3.63) is 35.6 Å². The minimum absolute atomic E-state index is 0.0614. The Kier molecular flexibility index (Phi) is 6.09. The average Bonchev–Trinajstić information content (AvgIpc) is 3.02. The van der Waals surface area contributed by atoms with Crippen LogP contribution in [-0.4, -0.2) is 46.5 Å². The molecule has 10 heteroatoms. The van der Waals surface area contributed by atoms with Crippen molar-refractivity contribution in [1.29, 1.82) is 0 Å². The second-order valence-electron chi connectivity index (χ2n) is 5.53. The molecule has 0 spiro atoms. The minimum Gasteiger partial charge on any atom is -0.493 e. The number of sulfonamides is 1. The van der Waals surface area contributed by atoms with Gasteiger partial charge in [-0.3, -0.25) is 4.79 Å². The molecule has 1 amide bonds. The van der Waals surface area contributed by atoms with Crippen LogP contribution in [0.25, 0.3) is 0 Å². The first-order valence-electron chi connectivity index (χ1n) is 7.63. The normalized spacial score (nSPS) is 11.1. The van der Waals surface area contributed by atoms with Crippen molar-refractivity contribution in [3.8, 4) is 11.5 Å². The first-order chi connectivity index (χ1) is 12.2. The van der Waals surface area contributed by atoms with E-state index in [2.05, 4.69) is 10.5 Å². The van der Waals surface area contributed by atoms with Crippen LogP contribution in [0.2, 0.25) is 0 Å². The number of aromatic nitrogens is 1. The molecule has 2 aromatic rings. The maximum Gasteiger partial charge on any atom is 0.241 e. The Labute approximate surface area is 151 Å². The van der Waals surface area contributed by atoms with Crippen molar-refractivity contribution in [2.24, 2.45) is 0 Å². The largest absolute Gasteiger partial charge is 0.493 e. The van der Waals surface area contributed by atoms with E-state index < -0.39 is 22.5 Å². The molecule has 0 unspecified atom stereocenters. The summed E-state index contributed by atoms with van der Waals surface area (Å²) in [7, 11) is -0.638. The average molecular weight is 383 g/mol. The fraction of sp³-hybridized carbons (Fsp3) is 0.375. The van der Waals surface area contributed by atoms with Crippen LogP contribution in [0.15, 0.2) is 28.8 Å². The molecule has 1 aromatic heterocycles. The topological polar surface area (TPSA) is 111 Å². The summed E-state index contributed by atoms with van der Waals surface area (Å²) >= 11 is 0. The van der Waals surface area contributed by atoms with Crippen LogP contribution in [0.5, 0.6) is 11.5 Å². The van der Waals surface area contributed by atoms with Gasteiger partial charge in [0.15, 0.2) is 17.3 Å². The second kappa shape index (κ2) is 8.09. The summed E-state index contributed by atoms with van der Waals surface area (Å²) in [4.78, 5) is 12.2. The number of hydrogen-bond acceptors (Lipinski definition) is 7. The van der Waals surface area contributed by atoms with Crippen molar-refractivity contribution in [1.82, 2.24) is 10.5 Å². The third kappa shape index (κ3) is 4.88. The molecular formula is C16H21N3O6S. The van der Waals surface area contributed by atoms with Crippen LogP contribution in [0.4, 0.5) is 5.82 Å². The molecule has 0 bridgehead atoms. The molecule has 2 rings (SSSR count). The smallest absolute Gasteiger partial charge is 0.241 e. The van der Waals surface area contributed by atoms with Gasteiger partial charge < -0.3 is 19.3 Å². The number of ether oxygens (including phenoxy) is 2. The van der Waals surface area contributed by atoms with E-state index in [0.717, 1.165) is 16.1 Å². The molecule has 0 radical (unpaired) electrons. The van der Waals surface area contributed by atoms with Crippen molar-refractivity contribution in [3.63, 3.8) is 0 Å². The fourth-order valence-corrected chi connectivity index (χ4v) is 2.99. The molecule has 142 valence electrons. The summed E-state index contributed by atoms with van der Waals surface area (Å²) in [5.74, 6) is 1.14. The SMILES string of the molecule is COc1ccc(CNC(=O)CN(c2cc(C)on2)S(C)(=O)=O)cc1OC. The van der Waals surface area contributed by atoms with Gasteiger partial charge in [0.25, 0.3) is 0 Å². The van der Waals surface area contributed by atoms with E-state index in [1.807, 2.05) is 0 Å². The van der Waals surface area contributed by atoms with Crippen molar-refractivity contribution in [2.45, 2.75) is 13.5 Å². The molecule has 0 fully saturated rings. The number of amides is 1. The summed E-state index contributed by atoms with van der Waals surface area (Å²) in [6.45, 7) is 1.43. The van der Waals surface area contributed by atoms with Crippen molar-refractivity contribution in [2.75, 3.05) is 31.3 Å². The van der Waals surface area contributed by atoms with Gasteiger partial charge in [-0.25, -0.2) is 12.7 Å². The highest BCUT2D eigenvalue weighted by Crippen LogP contribution is 2.27. The van der Waals surface area contributed by atoms with Crippen LogP contribution in [0, 0.1) is 6.92 Å². The number of methoxy groups -OCH3 is 2. The van der Waals surface area contributed by atoms with Crippen molar-refractivity contribution < 1.29 is 27.2 Å². The molecular weight excluding hydrogens is 362 g/mol. The number of hydrogen-bond donors (Lipinski definition) is 1. The molecule has 26 heavy (non-hydrogen) atoms. The predicted octanol–water partition coefficient (Wildman–Crippen LogP) is 1.08. The molecule has 0 aliphatic heterocycles. The van der Waals surface area contributed by atoms with Gasteiger partial charge in [0.05, 0.1) is 20.5 Å². The molecule has 0 aliphatic rings. The van der Waals surface area contributed by atoms with E-state index in [4.69, 9.17) is 14.0 Å². The summed E-state index contributed by atoms with van der Waals surface area (Å²) < 4.78 is 40.0. The maximum atomic E-state index is 12.2. The number of rotatable bonds is 8. The van der Waals surface area contributed by atoms with Gasteiger partial charge in [0.2, 0.25) is 15.9 Å². The molecule has 1 N–H and O–H groups in total. The number of carbonyl (C=O) groups is 1. The number of anilines is 1. The lowest BCUT2D eigenvalue weighted by Crippen LogP contribution is -2.40. The van der Waals surface area contributed by atoms with Gasteiger partial charge in [0, 0.05) is 12.6 Å². The Balaban J connectivity index is 2.05. The first-order valence-corrected chi connectivity index (χ1v) is 9.48. The van der Waals surface area contributed by atoms with Crippen LogP contribution in [-0.2, 0) is 21.4 Å². The number of benzene rings is 1. The van der Waals surface area contributed by atoms with Gasteiger partial charge in [-0.15, -0.1) is 0 Å². The number of nitrogens with one attached hydrogen (secondary N) is 1. The molecule has 0 aliphatic carbocycles. The Bertz CT molecular complexity index is 878. The van der Waals surface area contributed by atoms with Gasteiger partial charge >= 0.3 is 0 Å². The molecule has 0 saturated carbocycles. The van der Waals surface area contributed by atoms with E-state index in [-0.39, 0.29) is 12.4 Å². The lowest BCUT2D eigenvalue weighted by Gasteiger charge is -2.18.